The summed E-state index contributed by atoms with van der Waals surface area (Å²) in [4.78, 5) is 15.0. The van der Waals surface area contributed by atoms with Gasteiger partial charge in [-0.15, -0.1) is 0 Å². The number of hydrogen-bond acceptors (Lipinski definition) is 5. The molecule has 0 spiro atoms. The Morgan fingerprint density at radius 3 is 3.00 bits per heavy atom. The molecule has 0 aromatic carbocycles. The molecule has 0 amide bonds. The summed E-state index contributed by atoms with van der Waals surface area (Å²) in [5, 5.41) is 11.5. The van der Waals surface area contributed by atoms with Crippen molar-refractivity contribution in [3.63, 3.8) is 0 Å². The number of oxime groups is 1. The van der Waals surface area contributed by atoms with Gasteiger partial charge >= 0.3 is 5.97 Å². The van der Waals surface area contributed by atoms with Crippen LogP contribution in [0.1, 0.15) is 12.5 Å². The summed E-state index contributed by atoms with van der Waals surface area (Å²) in [6.07, 6.45) is 2.98. The average molecular weight is 194 g/mol. The fourth-order valence-corrected chi connectivity index (χ4v) is 0.919. The number of carbonyl (C=O) groups is 1. The van der Waals surface area contributed by atoms with E-state index in [-0.39, 0.29) is 12.3 Å². The third-order valence-corrected chi connectivity index (χ3v) is 1.50. The van der Waals surface area contributed by atoms with Crippen LogP contribution in [0.3, 0.4) is 0 Å². The van der Waals surface area contributed by atoms with Gasteiger partial charge in [-0.1, -0.05) is 5.16 Å². The molecule has 0 aliphatic rings. The topological polar surface area (TPSA) is 71.8 Å². The summed E-state index contributed by atoms with van der Waals surface area (Å²) in [5.41, 5.74) is 0.286. The minimum absolute atomic E-state index is 0.139. The van der Waals surface area contributed by atoms with E-state index in [1.807, 2.05) is 0 Å². The maximum absolute atomic E-state index is 11.2. The Bertz CT molecular complexity index is 335. The van der Waals surface area contributed by atoms with Crippen LogP contribution in [-0.2, 0) is 9.53 Å². The first-order chi connectivity index (χ1) is 6.79. The van der Waals surface area contributed by atoms with Crippen molar-refractivity contribution in [1.29, 1.82) is 0 Å². The average Bonchev–Trinajstić information content (AvgIpc) is 2.21. The number of pyridine rings is 1. The van der Waals surface area contributed by atoms with E-state index in [4.69, 9.17) is 9.94 Å². The fraction of sp³-hybridized carbons (Fsp3) is 0.222. The third-order valence-electron chi connectivity index (χ3n) is 1.50. The molecule has 0 atom stereocenters. The molecule has 74 valence electrons. The van der Waals surface area contributed by atoms with E-state index in [2.05, 4.69) is 10.1 Å². The molecule has 0 saturated heterocycles. The molecule has 0 fully saturated rings. The lowest BCUT2D eigenvalue weighted by atomic mass is 10.2. The number of hydrogen-bond donors (Lipinski definition) is 1. The Morgan fingerprint density at radius 2 is 2.50 bits per heavy atom. The fourth-order valence-electron chi connectivity index (χ4n) is 0.919. The molecule has 0 unspecified atom stereocenters. The minimum atomic E-state index is -0.664. The number of esters is 1. The van der Waals surface area contributed by atoms with Crippen LogP contribution < -0.4 is 0 Å². The monoisotopic (exact) mass is 194 g/mol. The van der Waals surface area contributed by atoms with Crippen molar-refractivity contribution in [2.45, 2.75) is 6.92 Å². The molecule has 0 radical (unpaired) electrons. The highest BCUT2D eigenvalue weighted by Crippen LogP contribution is 2.00. The second kappa shape index (κ2) is 4.96. The molecule has 5 heteroatoms. The van der Waals surface area contributed by atoms with Crippen LogP contribution in [-0.4, -0.2) is 28.5 Å². The molecule has 14 heavy (non-hydrogen) atoms. The lowest BCUT2D eigenvalue weighted by Crippen LogP contribution is -2.18. The molecule has 0 aliphatic heterocycles. The van der Waals surface area contributed by atoms with Gasteiger partial charge in [0.25, 0.3) is 0 Å². The van der Waals surface area contributed by atoms with E-state index in [1.165, 1.54) is 6.20 Å². The molecule has 0 saturated carbocycles. The van der Waals surface area contributed by atoms with Crippen LogP contribution in [0.25, 0.3) is 0 Å². The first-order valence-corrected chi connectivity index (χ1v) is 4.09. The molecule has 5 nitrogen and oxygen atoms in total. The molecule has 1 rings (SSSR count). The lowest BCUT2D eigenvalue weighted by molar-refractivity contribution is -0.135. The predicted octanol–water partition coefficient (Wildman–Crippen LogP) is 0.823. The van der Waals surface area contributed by atoms with Crippen molar-refractivity contribution in [3.05, 3.63) is 30.1 Å². The van der Waals surface area contributed by atoms with Crippen molar-refractivity contribution >= 4 is 11.7 Å². The third kappa shape index (κ3) is 2.29. The molecular weight excluding hydrogens is 184 g/mol. The largest absolute Gasteiger partial charge is 0.461 e. The lowest BCUT2D eigenvalue weighted by Gasteiger charge is -2.02. The Hall–Kier alpha value is -1.91. The van der Waals surface area contributed by atoms with Crippen molar-refractivity contribution in [3.8, 4) is 0 Å². The standard InChI is InChI=1S/C9H10N2O3/c1-2-14-9(12)8(11-13)7-4-3-5-10-6-7/h3-6,13H,2H2,1H3/b11-8+. The van der Waals surface area contributed by atoms with Crippen molar-refractivity contribution < 1.29 is 14.7 Å². The highest BCUT2D eigenvalue weighted by molar-refractivity contribution is 6.43. The van der Waals surface area contributed by atoms with Crippen LogP contribution in [0, 0.1) is 0 Å². The summed E-state index contributed by atoms with van der Waals surface area (Å²) in [6.45, 7) is 1.91. The first kappa shape index (κ1) is 10.2. The highest BCUT2D eigenvalue weighted by atomic mass is 16.5. The first-order valence-electron chi connectivity index (χ1n) is 4.09. The normalized spacial score (nSPS) is 11.1. The van der Waals surface area contributed by atoms with Gasteiger partial charge in [-0.05, 0) is 19.1 Å². The summed E-state index contributed by atoms with van der Waals surface area (Å²) >= 11 is 0. The molecular formula is C9H10N2O3. The Balaban J connectivity index is 2.89. The van der Waals surface area contributed by atoms with E-state index in [9.17, 15) is 4.79 Å². The number of carbonyl (C=O) groups excluding carboxylic acids is 1. The van der Waals surface area contributed by atoms with Crippen LogP contribution >= 0.6 is 0 Å². The van der Waals surface area contributed by atoms with Crippen LogP contribution in [0.4, 0.5) is 0 Å². The van der Waals surface area contributed by atoms with Gasteiger partial charge in [0.15, 0.2) is 5.71 Å². The Kier molecular flexibility index (Phi) is 3.60. The number of nitrogens with zero attached hydrogens (tertiary/aromatic N) is 2. The summed E-state index contributed by atoms with van der Waals surface area (Å²) in [5.74, 6) is -0.664. The van der Waals surface area contributed by atoms with Gasteiger partial charge in [-0.25, -0.2) is 4.79 Å². The van der Waals surface area contributed by atoms with Crippen molar-refractivity contribution in [2.75, 3.05) is 6.61 Å². The highest BCUT2D eigenvalue weighted by Gasteiger charge is 2.15. The van der Waals surface area contributed by atoms with Gasteiger partial charge in [0.05, 0.1) is 6.61 Å². The molecule has 0 bridgehead atoms. The Morgan fingerprint density at radius 1 is 1.71 bits per heavy atom. The molecule has 1 aromatic heterocycles. The summed E-state index contributed by atoms with van der Waals surface area (Å²) in [6, 6.07) is 3.25. The zero-order valence-corrected chi connectivity index (χ0v) is 7.67. The van der Waals surface area contributed by atoms with E-state index in [0.29, 0.717) is 5.56 Å². The predicted molar refractivity (Wildman–Crippen MR) is 49.2 cm³/mol. The summed E-state index contributed by atoms with van der Waals surface area (Å²) in [7, 11) is 0. The van der Waals surface area contributed by atoms with E-state index < -0.39 is 5.97 Å². The van der Waals surface area contributed by atoms with Crippen LogP contribution in [0.5, 0.6) is 0 Å². The molecule has 1 heterocycles. The van der Waals surface area contributed by atoms with Gasteiger partial charge < -0.3 is 9.94 Å². The van der Waals surface area contributed by atoms with Crippen molar-refractivity contribution in [1.82, 2.24) is 4.98 Å². The maximum atomic E-state index is 11.2. The molecule has 1 aromatic rings. The van der Waals surface area contributed by atoms with Gasteiger partial charge in [0.1, 0.15) is 0 Å². The van der Waals surface area contributed by atoms with Gasteiger partial charge in [0, 0.05) is 18.0 Å². The number of aromatic nitrogens is 1. The Labute approximate surface area is 81.0 Å². The van der Waals surface area contributed by atoms with Crippen LogP contribution in [0.2, 0.25) is 0 Å². The second-order valence-corrected chi connectivity index (χ2v) is 2.41. The van der Waals surface area contributed by atoms with Gasteiger partial charge in [-0.3, -0.25) is 4.98 Å². The van der Waals surface area contributed by atoms with E-state index in [1.54, 1.807) is 25.3 Å². The maximum Gasteiger partial charge on any atom is 0.361 e. The van der Waals surface area contributed by atoms with E-state index in [0.717, 1.165) is 0 Å². The second-order valence-electron chi connectivity index (χ2n) is 2.41. The molecule has 1 N–H and O–H groups in total. The SMILES string of the molecule is CCOC(=O)/C(=N/O)c1cccnc1. The summed E-state index contributed by atoms with van der Waals surface area (Å²) < 4.78 is 4.69. The van der Waals surface area contributed by atoms with Crippen LogP contribution in [0.15, 0.2) is 29.7 Å². The zero-order chi connectivity index (χ0) is 10.4. The quantitative estimate of drug-likeness (QED) is 0.334. The smallest absolute Gasteiger partial charge is 0.361 e. The van der Waals surface area contributed by atoms with Gasteiger partial charge in [0.2, 0.25) is 0 Å². The van der Waals surface area contributed by atoms with E-state index >= 15 is 0 Å². The van der Waals surface area contributed by atoms with Gasteiger partial charge in [-0.2, -0.15) is 0 Å². The molecule has 0 aliphatic carbocycles. The minimum Gasteiger partial charge on any atom is -0.461 e. The van der Waals surface area contributed by atoms with Crippen molar-refractivity contribution in [2.24, 2.45) is 5.16 Å². The zero-order valence-electron chi connectivity index (χ0n) is 7.67. The number of rotatable bonds is 3. The number of ether oxygens (including phenoxy) is 1.